The van der Waals surface area contributed by atoms with Crippen LogP contribution in [-0.2, 0) is 0 Å². The first kappa shape index (κ1) is 9.30. The van der Waals surface area contributed by atoms with E-state index in [1.165, 1.54) is 32.1 Å². The lowest BCUT2D eigenvalue weighted by Gasteiger charge is -2.28. The molecule has 13 heavy (non-hydrogen) atoms. The van der Waals surface area contributed by atoms with Crippen LogP contribution in [-0.4, -0.2) is 0 Å². The van der Waals surface area contributed by atoms with Crippen LogP contribution in [0.5, 0.6) is 0 Å². The van der Waals surface area contributed by atoms with E-state index in [-0.39, 0.29) is 0 Å². The Morgan fingerprint density at radius 1 is 1.54 bits per heavy atom. The molecule has 1 fully saturated rings. The van der Waals surface area contributed by atoms with Crippen molar-refractivity contribution in [3.05, 3.63) is 11.6 Å². The van der Waals surface area contributed by atoms with Gasteiger partial charge in [-0.3, -0.25) is 0 Å². The average molecular weight is 178 g/mol. The van der Waals surface area contributed by atoms with Crippen molar-refractivity contribution in [1.29, 1.82) is 0 Å². The molecule has 3 unspecified atom stereocenters. The van der Waals surface area contributed by atoms with Gasteiger partial charge in [0.05, 0.1) is 0 Å². The number of rotatable bonds is 4. The molecule has 0 N–H and O–H groups in total. The smallest absolute Gasteiger partial charge is 0.0122 e. The van der Waals surface area contributed by atoms with Crippen LogP contribution in [0.2, 0.25) is 0 Å². The third-order valence-corrected chi connectivity index (χ3v) is 4.35. The van der Waals surface area contributed by atoms with E-state index in [9.17, 15) is 0 Å². The molecule has 0 heterocycles. The zero-order chi connectivity index (χ0) is 9.47. The summed E-state index contributed by atoms with van der Waals surface area (Å²) in [6.07, 6.45) is 9.59. The fourth-order valence-electron chi connectivity index (χ4n) is 3.53. The topological polar surface area (TPSA) is 0 Å². The van der Waals surface area contributed by atoms with Crippen LogP contribution in [0, 0.1) is 17.3 Å². The highest BCUT2D eigenvalue weighted by Gasteiger charge is 2.53. The molecule has 3 atom stereocenters. The van der Waals surface area contributed by atoms with E-state index in [4.69, 9.17) is 0 Å². The standard InChI is InChI=1S/C13H22/c1-4-6-10(3)12-8-7-11-9-13(11,12)5-2/h9-10,12H,4-8H2,1-3H3. The summed E-state index contributed by atoms with van der Waals surface area (Å²) in [6, 6.07) is 0. The third kappa shape index (κ3) is 1.26. The second kappa shape index (κ2) is 3.15. The molecule has 0 bridgehead atoms. The molecule has 0 aromatic heterocycles. The SMILES string of the molecule is CCCC(C)C1CCC2=CC21CC. The molecule has 0 radical (unpaired) electrons. The van der Waals surface area contributed by atoms with Gasteiger partial charge in [-0.25, -0.2) is 0 Å². The summed E-state index contributed by atoms with van der Waals surface area (Å²) < 4.78 is 0. The van der Waals surface area contributed by atoms with Crippen LogP contribution in [0.3, 0.4) is 0 Å². The molecule has 0 aromatic carbocycles. The molecular weight excluding hydrogens is 156 g/mol. The zero-order valence-electron chi connectivity index (χ0n) is 9.27. The predicted molar refractivity (Wildman–Crippen MR) is 57.6 cm³/mol. The van der Waals surface area contributed by atoms with Gasteiger partial charge in [-0.05, 0) is 31.1 Å². The van der Waals surface area contributed by atoms with Crippen molar-refractivity contribution in [2.45, 2.75) is 52.9 Å². The maximum absolute atomic E-state index is 2.56. The summed E-state index contributed by atoms with van der Waals surface area (Å²) in [4.78, 5) is 0. The predicted octanol–water partition coefficient (Wildman–Crippen LogP) is 4.17. The van der Waals surface area contributed by atoms with Crippen molar-refractivity contribution in [2.75, 3.05) is 0 Å². The maximum atomic E-state index is 2.56. The quantitative estimate of drug-likeness (QED) is 0.567. The van der Waals surface area contributed by atoms with Gasteiger partial charge in [0.1, 0.15) is 0 Å². The molecule has 0 aliphatic heterocycles. The second-order valence-corrected chi connectivity index (χ2v) is 4.97. The van der Waals surface area contributed by atoms with Crippen LogP contribution in [0.25, 0.3) is 0 Å². The van der Waals surface area contributed by atoms with Crippen molar-refractivity contribution in [2.24, 2.45) is 17.3 Å². The first-order chi connectivity index (χ1) is 6.24. The molecule has 0 heteroatoms. The highest BCUT2D eigenvalue weighted by Crippen LogP contribution is 2.64. The highest BCUT2D eigenvalue weighted by atomic mass is 14.6. The monoisotopic (exact) mass is 178 g/mol. The molecule has 0 nitrogen and oxygen atoms in total. The minimum Gasteiger partial charge on any atom is -0.0739 e. The van der Waals surface area contributed by atoms with Gasteiger partial charge in [-0.15, -0.1) is 0 Å². The van der Waals surface area contributed by atoms with Crippen molar-refractivity contribution in [3.8, 4) is 0 Å². The molecule has 0 amide bonds. The number of hydrogen-bond donors (Lipinski definition) is 0. The lowest BCUT2D eigenvalue weighted by atomic mass is 9.76. The Bertz CT molecular complexity index is 226. The molecule has 0 spiro atoms. The lowest BCUT2D eigenvalue weighted by molar-refractivity contribution is 0.237. The number of hydrogen-bond acceptors (Lipinski definition) is 0. The van der Waals surface area contributed by atoms with E-state index in [0.29, 0.717) is 5.41 Å². The first-order valence-corrected chi connectivity index (χ1v) is 5.96. The van der Waals surface area contributed by atoms with Crippen LogP contribution in [0.4, 0.5) is 0 Å². The summed E-state index contributed by atoms with van der Waals surface area (Å²) in [7, 11) is 0. The van der Waals surface area contributed by atoms with Gasteiger partial charge in [-0.1, -0.05) is 45.3 Å². The molecule has 2 aliphatic carbocycles. The van der Waals surface area contributed by atoms with E-state index >= 15 is 0 Å². The van der Waals surface area contributed by atoms with Crippen LogP contribution in [0.15, 0.2) is 11.6 Å². The lowest BCUT2D eigenvalue weighted by Crippen LogP contribution is -2.21. The Morgan fingerprint density at radius 2 is 2.31 bits per heavy atom. The Labute approximate surface area is 82.4 Å². The van der Waals surface area contributed by atoms with Gasteiger partial charge in [0.15, 0.2) is 0 Å². The summed E-state index contributed by atoms with van der Waals surface area (Å²) in [6.45, 7) is 7.13. The van der Waals surface area contributed by atoms with E-state index in [0.717, 1.165) is 11.8 Å². The van der Waals surface area contributed by atoms with E-state index in [1.54, 1.807) is 5.57 Å². The summed E-state index contributed by atoms with van der Waals surface area (Å²) >= 11 is 0. The van der Waals surface area contributed by atoms with Gasteiger partial charge < -0.3 is 0 Å². The van der Waals surface area contributed by atoms with Gasteiger partial charge in [0, 0.05) is 5.41 Å². The fourth-order valence-corrected chi connectivity index (χ4v) is 3.53. The molecular formula is C13H22. The minimum atomic E-state index is 0.634. The Morgan fingerprint density at radius 3 is 2.85 bits per heavy atom. The van der Waals surface area contributed by atoms with Gasteiger partial charge in [0.25, 0.3) is 0 Å². The molecule has 0 saturated heterocycles. The molecule has 2 aliphatic rings. The normalized spacial score (nSPS) is 38.4. The highest BCUT2D eigenvalue weighted by molar-refractivity contribution is 5.43. The van der Waals surface area contributed by atoms with Gasteiger partial charge >= 0.3 is 0 Å². The molecule has 0 aromatic rings. The Hall–Kier alpha value is -0.260. The van der Waals surface area contributed by atoms with Crippen molar-refractivity contribution in [3.63, 3.8) is 0 Å². The Balaban J connectivity index is 2.00. The van der Waals surface area contributed by atoms with E-state index in [2.05, 4.69) is 26.8 Å². The molecule has 74 valence electrons. The Kier molecular flexibility index (Phi) is 2.25. The maximum Gasteiger partial charge on any atom is 0.0122 e. The molecule has 1 saturated carbocycles. The van der Waals surface area contributed by atoms with Crippen molar-refractivity contribution >= 4 is 0 Å². The number of allylic oxidation sites excluding steroid dienone is 2. The van der Waals surface area contributed by atoms with Gasteiger partial charge in [-0.2, -0.15) is 0 Å². The van der Waals surface area contributed by atoms with Crippen molar-refractivity contribution in [1.82, 2.24) is 0 Å². The van der Waals surface area contributed by atoms with Gasteiger partial charge in [0.2, 0.25) is 0 Å². The zero-order valence-corrected chi connectivity index (χ0v) is 9.27. The minimum absolute atomic E-state index is 0.634. The largest absolute Gasteiger partial charge is 0.0739 e. The molecule has 2 rings (SSSR count). The average Bonchev–Trinajstić information content (AvgIpc) is 2.73. The van der Waals surface area contributed by atoms with Crippen LogP contribution >= 0.6 is 0 Å². The fraction of sp³-hybridized carbons (Fsp3) is 0.846. The van der Waals surface area contributed by atoms with Crippen LogP contribution < -0.4 is 0 Å². The number of fused-ring (bicyclic) bond motifs is 1. The van der Waals surface area contributed by atoms with Crippen molar-refractivity contribution < 1.29 is 0 Å². The summed E-state index contributed by atoms with van der Waals surface area (Å²) in [5.74, 6) is 1.94. The summed E-state index contributed by atoms with van der Waals surface area (Å²) in [5, 5.41) is 0. The third-order valence-electron chi connectivity index (χ3n) is 4.35. The second-order valence-electron chi connectivity index (χ2n) is 4.97. The van der Waals surface area contributed by atoms with E-state index in [1.807, 2.05) is 0 Å². The van der Waals surface area contributed by atoms with Crippen LogP contribution in [0.1, 0.15) is 52.9 Å². The first-order valence-electron chi connectivity index (χ1n) is 5.96. The summed E-state index contributed by atoms with van der Waals surface area (Å²) in [5.41, 5.74) is 2.43. The van der Waals surface area contributed by atoms with E-state index < -0.39 is 0 Å².